The van der Waals surface area contributed by atoms with Gasteiger partial charge in [0.1, 0.15) is 0 Å². The standard InChI is InChI=1S/C14H23BrN2OS/c1-18-14(8-4-2-3-5-9-14)12(17-16)10-11-6-7-13(15)19-11/h6-7,12,17H,2-5,8-10,16H2,1H3. The molecule has 19 heavy (non-hydrogen) atoms. The zero-order valence-corrected chi connectivity index (χ0v) is 13.9. The summed E-state index contributed by atoms with van der Waals surface area (Å²) in [4.78, 5) is 1.34. The molecule has 1 heterocycles. The highest BCUT2D eigenvalue weighted by Crippen LogP contribution is 2.35. The molecule has 1 aliphatic carbocycles. The summed E-state index contributed by atoms with van der Waals surface area (Å²) in [6.45, 7) is 0. The van der Waals surface area contributed by atoms with E-state index in [9.17, 15) is 0 Å². The Morgan fingerprint density at radius 1 is 1.37 bits per heavy atom. The summed E-state index contributed by atoms with van der Waals surface area (Å²) >= 11 is 5.29. The number of hydrogen-bond donors (Lipinski definition) is 2. The van der Waals surface area contributed by atoms with Crippen molar-refractivity contribution in [2.45, 2.75) is 56.6 Å². The van der Waals surface area contributed by atoms with E-state index in [4.69, 9.17) is 10.6 Å². The van der Waals surface area contributed by atoms with Gasteiger partial charge in [0.05, 0.1) is 15.4 Å². The lowest BCUT2D eigenvalue weighted by atomic mass is 9.84. The van der Waals surface area contributed by atoms with Crippen molar-refractivity contribution >= 4 is 27.3 Å². The number of thiophene rings is 1. The summed E-state index contributed by atoms with van der Waals surface area (Å²) in [7, 11) is 1.83. The van der Waals surface area contributed by atoms with Gasteiger partial charge in [0.2, 0.25) is 0 Å². The summed E-state index contributed by atoms with van der Waals surface area (Å²) in [6, 6.07) is 4.44. The maximum absolute atomic E-state index is 5.94. The molecule has 1 atom stereocenters. The molecule has 1 unspecified atom stereocenters. The van der Waals surface area contributed by atoms with Crippen LogP contribution in [-0.4, -0.2) is 18.8 Å². The van der Waals surface area contributed by atoms with E-state index < -0.39 is 0 Å². The van der Waals surface area contributed by atoms with Gasteiger partial charge in [0, 0.05) is 18.4 Å². The van der Waals surface area contributed by atoms with Crippen LogP contribution in [-0.2, 0) is 11.2 Å². The first-order valence-electron chi connectivity index (χ1n) is 6.96. The molecule has 1 saturated carbocycles. The normalized spacial score (nSPS) is 21.0. The Hall–Kier alpha value is 0.0600. The van der Waals surface area contributed by atoms with E-state index >= 15 is 0 Å². The van der Waals surface area contributed by atoms with E-state index in [0.29, 0.717) is 0 Å². The van der Waals surface area contributed by atoms with Gasteiger partial charge >= 0.3 is 0 Å². The number of ether oxygens (including phenoxy) is 1. The summed E-state index contributed by atoms with van der Waals surface area (Å²) in [5.74, 6) is 5.83. The second-order valence-electron chi connectivity index (χ2n) is 5.31. The maximum atomic E-state index is 5.94. The number of nitrogens with one attached hydrogen (secondary N) is 1. The molecular formula is C14H23BrN2OS. The second-order valence-corrected chi connectivity index (χ2v) is 7.86. The number of rotatable bonds is 5. The molecule has 2 rings (SSSR count). The Labute approximate surface area is 128 Å². The largest absolute Gasteiger partial charge is 0.377 e. The molecule has 3 N–H and O–H groups in total. The van der Waals surface area contributed by atoms with Crippen molar-refractivity contribution < 1.29 is 4.74 Å². The van der Waals surface area contributed by atoms with Crippen LogP contribution in [0.3, 0.4) is 0 Å². The van der Waals surface area contributed by atoms with E-state index in [0.717, 1.165) is 19.3 Å². The van der Waals surface area contributed by atoms with Gasteiger partial charge in [-0.1, -0.05) is 25.7 Å². The molecule has 5 heteroatoms. The van der Waals surface area contributed by atoms with Crippen molar-refractivity contribution in [3.63, 3.8) is 0 Å². The van der Waals surface area contributed by atoms with Crippen LogP contribution in [0.15, 0.2) is 15.9 Å². The molecule has 108 valence electrons. The second kappa shape index (κ2) is 7.18. The van der Waals surface area contributed by atoms with Gasteiger partial charge in [-0.2, -0.15) is 0 Å². The molecule has 1 aliphatic rings. The molecule has 1 aromatic heterocycles. The quantitative estimate of drug-likeness (QED) is 0.486. The first kappa shape index (κ1) is 15.4. The monoisotopic (exact) mass is 346 g/mol. The van der Waals surface area contributed by atoms with Crippen LogP contribution >= 0.6 is 27.3 Å². The molecule has 0 bridgehead atoms. The Morgan fingerprint density at radius 2 is 2.05 bits per heavy atom. The van der Waals surface area contributed by atoms with Gasteiger partial charge in [-0.3, -0.25) is 11.3 Å². The van der Waals surface area contributed by atoms with Gasteiger partial charge < -0.3 is 4.74 Å². The summed E-state index contributed by atoms with van der Waals surface area (Å²) < 4.78 is 7.11. The van der Waals surface area contributed by atoms with E-state index in [-0.39, 0.29) is 11.6 Å². The van der Waals surface area contributed by atoms with E-state index in [1.807, 2.05) is 7.11 Å². The summed E-state index contributed by atoms with van der Waals surface area (Å²) in [5.41, 5.74) is 2.91. The van der Waals surface area contributed by atoms with Crippen LogP contribution in [0.1, 0.15) is 43.4 Å². The molecule has 0 spiro atoms. The van der Waals surface area contributed by atoms with Gasteiger partial charge in [0.15, 0.2) is 0 Å². The minimum atomic E-state index is -0.109. The fourth-order valence-electron chi connectivity index (χ4n) is 3.08. The average molecular weight is 347 g/mol. The van der Waals surface area contributed by atoms with Crippen LogP contribution in [0.5, 0.6) is 0 Å². The number of methoxy groups -OCH3 is 1. The minimum absolute atomic E-state index is 0.109. The Morgan fingerprint density at radius 3 is 2.53 bits per heavy atom. The third-order valence-electron chi connectivity index (χ3n) is 4.23. The van der Waals surface area contributed by atoms with E-state index in [1.54, 1.807) is 11.3 Å². The smallest absolute Gasteiger partial charge is 0.0847 e. The zero-order valence-electron chi connectivity index (χ0n) is 11.5. The maximum Gasteiger partial charge on any atom is 0.0847 e. The highest BCUT2D eigenvalue weighted by Gasteiger charge is 2.38. The van der Waals surface area contributed by atoms with E-state index in [1.165, 1.54) is 34.3 Å². The first-order chi connectivity index (χ1) is 9.20. The average Bonchev–Trinajstić information content (AvgIpc) is 2.69. The van der Waals surface area contributed by atoms with Gasteiger partial charge in [-0.25, -0.2) is 0 Å². The Balaban J connectivity index is 2.12. The molecule has 3 nitrogen and oxygen atoms in total. The third-order valence-corrected chi connectivity index (χ3v) is 5.87. The van der Waals surface area contributed by atoms with Gasteiger partial charge in [-0.05, 0) is 40.9 Å². The third kappa shape index (κ3) is 3.79. The predicted octanol–water partition coefficient (Wildman–Crippen LogP) is 3.62. The van der Waals surface area contributed by atoms with Crippen LogP contribution < -0.4 is 11.3 Å². The van der Waals surface area contributed by atoms with Crippen LogP contribution in [0, 0.1) is 0 Å². The Kier molecular flexibility index (Phi) is 5.84. The Bertz CT molecular complexity index is 389. The highest BCUT2D eigenvalue weighted by molar-refractivity contribution is 9.11. The summed E-state index contributed by atoms with van der Waals surface area (Å²) in [5, 5.41) is 0. The lowest BCUT2D eigenvalue weighted by molar-refractivity contribution is -0.0525. The lowest BCUT2D eigenvalue weighted by Crippen LogP contribution is -2.55. The molecular weight excluding hydrogens is 324 g/mol. The lowest BCUT2D eigenvalue weighted by Gasteiger charge is -2.38. The SMILES string of the molecule is COC1(C(Cc2ccc(Br)s2)NN)CCCCCC1. The van der Waals surface area contributed by atoms with Crippen molar-refractivity contribution in [1.82, 2.24) is 5.43 Å². The van der Waals surface area contributed by atoms with Crippen molar-refractivity contribution in [2.75, 3.05) is 7.11 Å². The molecule has 1 fully saturated rings. The van der Waals surface area contributed by atoms with Crippen molar-refractivity contribution in [2.24, 2.45) is 5.84 Å². The minimum Gasteiger partial charge on any atom is -0.377 e. The first-order valence-corrected chi connectivity index (χ1v) is 8.56. The summed E-state index contributed by atoms with van der Waals surface area (Å²) in [6.07, 6.45) is 8.23. The number of hydrazine groups is 1. The van der Waals surface area contributed by atoms with Crippen molar-refractivity contribution in [1.29, 1.82) is 0 Å². The number of nitrogens with two attached hydrogens (primary N) is 1. The topological polar surface area (TPSA) is 47.3 Å². The highest BCUT2D eigenvalue weighted by atomic mass is 79.9. The molecule has 0 aromatic carbocycles. The molecule has 1 aromatic rings. The molecule has 0 radical (unpaired) electrons. The fourth-order valence-corrected chi connectivity index (χ4v) is 4.61. The van der Waals surface area contributed by atoms with Gasteiger partial charge in [0.25, 0.3) is 0 Å². The van der Waals surface area contributed by atoms with E-state index in [2.05, 4.69) is 33.5 Å². The molecule has 0 saturated heterocycles. The number of hydrogen-bond acceptors (Lipinski definition) is 4. The zero-order chi connectivity index (χ0) is 13.7. The predicted molar refractivity (Wildman–Crippen MR) is 84.3 cm³/mol. The molecule has 0 aliphatic heterocycles. The van der Waals surface area contributed by atoms with Crippen molar-refractivity contribution in [3.05, 3.63) is 20.8 Å². The van der Waals surface area contributed by atoms with Crippen LogP contribution in [0.2, 0.25) is 0 Å². The number of halogens is 1. The van der Waals surface area contributed by atoms with Crippen LogP contribution in [0.25, 0.3) is 0 Å². The van der Waals surface area contributed by atoms with Gasteiger partial charge in [-0.15, -0.1) is 11.3 Å². The van der Waals surface area contributed by atoms with Crippen LogP contribution in [0.4, 0.5) is 0 Å². The molecule has 0 amide bonds. The fraction of sp³-hybridized carbons (Fsp3) is 0.714. The van der Waals surface area contributed by atoms with Crippen molar-refractivity contribution in [3.8, 4) is 0 Å².